The molecule has 0 spiro atoms. The van der Waals surface area contributed by atoms with Crippen molar-refractivity contribution < 1.29 is 5.11 Å². The second-order valence-electron chi connectivity index (χ2n) is 9.06. The zero-order chi connectivity index (χ0) is 24.6. The number of aliphatic imine (C=N–C) groups is 1. The van der Waals surface area contributed by atoms with Crippen LogP contribution in [0.2, 0.25) is 10.0 Å². The zero-order valence-electron chi connectivity index (χ0n) is 19.4. The average molecular weight is 519 g/mol. The Balaban J connectivity index is 1.32. The van der Waals surface area contributed by atoms with E-state index in [0.717, 1.165) is 33.4 Å². The third-order valence-corrected chi connectivity index (χ3v) is 6.96. The topological polar surface area (TPSA) is 89.4 Å². The summed E-state index contributed by atoms with van der Waals surface area (Å²) >= 11 is 12.7. The lowest BCUT2D eigenvalue weighted by Gasteiger charge is -2.21. The maximum absolute atomic E-state index is 9.18. The van der Waals surface area contributed by atoms with E-state index in [4.69, 9.17) is 33.2 Å². The van der Waals surface area contributed by atoms with Gasteiger partial charge in [0, 0.05) is 51.7 Å². The molecule has 0 bridgehead atoms. The lowest BCUT2D eigenvalue weighted by molar-refractivity contribution is 0.238. The van der Waals surface area contributed by atoms with Crippen LogP contribution in [-0.4, -0.2) is 50.5 Å². The number of aromatic nitrogens is 3. The standard InChI is InChI=1S/C27H24Cl2N6O/c28-19-3-4-21-22(13-30-25(21)12-19)26-23(29)14-31-27(34-26)33-20-10-17(16-1-2-16)9-18(11-20)24-5-6-35(7-8-36)15-32-24/h3-6,9-14,16,30,36H,1-2,7-8,15H2,(H,31,33,34). The SMILES string of the molecule is OCCN1C=CC(c2cc(Nc3ncc(Cl)c(-c4c[nH]c5cc(Cl)ccc45)n3)cc(C3CC3)c2)=NC1. The van der Waals surface area contributed by atoms with Crippen molar-refractivity contribution in [2.45, 2.75) is 18.8 Å². The molecule has 2 aliphatic rings. The van der Waals surface area contributed by atoms with Gasteiger partial charge in [-0.3, -0.25) is 4.99 Å². The number of aliphatic hydroxyl groups excluding tert-OH is 1. The number of hydrogen-bond donors (Lipinski definition) is 3. The van der Waals surface area contributed by atoms with Crippen LogP contribution in [0.3, 0.4) is 0 Å². The number of aromatic amines is 1. The number of aliphatic hydroxyl groups is 1. The molecule has 1 fully saturated rings. The molecule has 1 aliphatic carbocycles. The van der Waals surface area contributed by atoms with Crippen molar-refractivity contribution in [2.24, 2.45) is 4.99 Å². The summed E-state index contributed by atoms with van der Waals surface area (Å²) in [6.07, 6.45) is 9.88. The van der Waals surface area contributed by atoms with Gasteiger partial charge in [-0.25, -0.2) is 9.97 Å². The molecule has 3 N–H and O–H groups in total. The van der Waals surface area contributed by atoms with Crippen LogP contribution in [0.4, 0.5) is 11.6 Å². The first-order chi connectivity index (χ1) is 17.6. The Kier molecular flexibility index (Phi) is 6.13. The van der Waals surface area contributed by atoms with Gasteiger partial charge in [0.1, 0.15) is 6.67 Å². The molecule has 0 amide bonds. The van der Waals surface area contributed by atoms with Crippen molar-refractivity contribution in [3.05, 3.63) is 82.2 Å². The van der Waals surface area contributed by atoms with Crippen LogP contribution in [0.15, 0.2) is 66.1 Å². The van der Waals surface area contributed by atoms with E-state index < -0.39 is 0 Å². The molecule has 7 nitrogen and oxygen atoms in total. The number of benzene rings is 2. The highest BCUT2D eigenvalue weighted by Crippen LogP contribution is 2.42. The Morgan fingerprint density at radius 2 is 2.03 bits per heavy atom. The smallest absolute Gasteiger partial charge is 0.227 e. The molecular weight excluding hydrogens is 495 g/mol. The average Bonchev–Trinajstić information content (AvgIpc) is 3.66. The third-order valence-electron chi connectivity index (χ3n) is 6.45. The van der Waals surface area contributed by atoms with E-state index in [9.17, 15) is 5.11 Å². The molecule has 1 aliphatic heterocycles. The Labute approximate surface area is 218 Å². The van der Waals surface area contributed by atoms with E-state index in [1.807, 2.05) is 41.6 Å². The fourth-order valence-corrected chi connectivity index (χ4v) is 4.83. The number of nitrogens with zero attached hydrogens (tertiary/aromatic N) is 4. The summed E-state index contributed by atoms with van der Waals surface area (Å²) in [5.74, 6) is 1.04. The van der Waals surface area contributed by atoms with Crippen molar-refractivity contribution in [3.8, 4) is 11.3 Å². The van der Waals surface area contributed by atoms with Crippen LogP contribution < -0.4 is 5.32 Å². The van der Waals surface area contributed by atoms with Crippen LogP contribution in [0, 0.1) is 0 Å². The van der Waals surface area contributed by atoms with Crippen molar-refractivity contribution in [2.75, 3.05) is 25.1 Å². The number of allylic oxidation sites excluding steroid dienone is 1. The molecule has 36 heavy (non-hydrogen) atoms. The van der Waals surface area contributed by atoms with Gasteiger partial charge in [0.15, 0.2) is 0 Å². The molecule has 182 valence electrons. The fraction of sp³-hybridized carbons (Fsp3) is 0.222. The van der Waals surface area contributed by atoms with Crippen LogP contribution in [0.5, 0.6) is 0 Å². The number of anilines is 2. The van der Waals surface area contributed by atoms with Gasteiger partial charge in [-0.15, -0.1) is 0 Å². The second kappa shape index (κ2) is 9.58. The Morgan fingerprint density at radius 1 is 1.14 bits per heavy atom. The lowest BCUT2D eigenvalue weighted by Crippen LogP contribution is -2.25. The quantitative estimate of drug-likeness (QED) is 0.274. The predicted molar refractivity (Wildman–Crippen MR) is 145 cm³/mol. The van der Waals surface area contributed by atoms with E-state index in [1.54, 1.807) is 6.20 Å². The van der Waals surface area contributed by atoms with Crippen molar-refractivity contribution >= 4 is 51.5 Å². The van der Waals surface area contributed by atoms with Gasteiger partial charge >= 0.3 is 0 Å². The predicted octanol–water partition coefficient (Wildman–Crippen LogP) is 6.12. The molecule has 0 radical (unpaired) electrons. The van der Waals surface area contributed by atoms with E-state index >= 15 is 0 Å². The maximum atomic E-state index is 9.18. The normalized spacial score (nSPS) is 15.4. The first kappa shape index (κ1) is 23.0. The van der Waals surface area contributed by atoms with Gasteiger partial charge < -0.3 is 20.3 Å². The first-order valence-electron chi connectivity index (χ1n) is 11.9. The Hall–Kier alpha value is -3.39. The molecule has 4 aromatic rings. The second-order valence-corrected chi connectivity index (χ2v) is 9.91. The van der Waals surface area contributed by atoms with Gasteiger partial charge in [0.2, 0.25) is 5.95 Å². The minimum Gasteiger partial charge on any atom is -0.395 e. The number of β-amino-alcohol motifs (C(OH)–C–C–N with tert-alkyl or cyclic N) is 1. The highest BCUT2D eigenvalue weighted by atomic mass is 35.5. The van der Waals surface area contributed by atoms with Gasteiger partial charge in [0.05, 0.1) is 29.2 Å². The van der Waals surface area contributed by atoms with E-state index in [0.29, 0.717) is 40.8 Å². The minimum absolute atomic E-state index is 0.107. The van der Waals surface area contributed by atoms with Crippen LogP contribution in [-0.2, 0) is 0 Å². The summed E-state index contributed by atoms with van der Waals surface area (Å²) in [5.41, 5.74) is 6.61. The molecule has 2 aromatic heterocycles. The number of hydrogen-bond acceptors (Lipinski definition) is 6. The summed E-state index contributed by atoms with van der Waals surface area (Å²) < 4.78 is 0. The molecule has 1 saturated carbocycles. The van der Waals surface area contributed by atoms with E-state index in [2.05, 4.69) is 33.5 Å². The molecule has 0 atom stereocenters. The molecule has 0 unspecified atom stereocenters. The number of H-pyrrole nitrogens is 1. The highest BCUT2D eigenvalue weighted by molar-refractivity contribution is 6.33. The van der Waals surface area contributed by atoms with Crippen molar-refractivity contribution in [3.63, 3.8) is 0 Å². The first-order valence-corrected chi connectivity index (χ1v) is 12.6. The summed E-state index contributed by atoms with van der Waals surface area (Å²) in [5, 5.41) is 14.7. The summed E-state index contributed by atoms with van der Waals surface area (Å²) in [4.78, 5) is 19.1. The number of rotatable bonds is 7. The van der Waals surface area contributed by atoms with Gasteiger partial charge in [0.25, 0.3) is 0 Å². The summed E-state index contributed by atoms with van der Waals surface area (Å²) in [6, 6.07) is 12.1. The molecule has 0 saturated heterocycles. The zero-order valence-corrected chi connectivity index (χ0v) is 20.9. The molecule has 6 rings (SSSR count). The molecule has 3 heterocycles. The van der Waals surface area contributed by atoms with Crippen LogP contribution in [0.1, 0.15) is 29.9 Å². The van der Waals surface area contributed by atoms with Crippen LogP contribution in [0.25, 0.3) is 22.2 Å². The Bertz CT molecular complexity index is 1510. The monoisotopic (exact) mass is 518 g/mol. The van der Waals surface area contributed by atoms with Gasteiger partial charge in [-0.2, -0.15) is 0 Å². The third kappa shape index (κ3) is 4.69. The summed E-state index contributed by atoms with van der Waals surface area (Å²) in [6.45, 7) is 1.21. The van der Waals surface area contributed by atoms with Crippen molar-refractivity contribution in [1.29, 1.82) is 0 Å². The summed E-state index contributed by atoms with van der Waals surface area (Å²) in [7, 11) is 0. The number of fused-ring (bicyclic) bond motifs is 1. The lowest BCUT2D eigenvalue weighted by atomic mass is 10.0. The largest absolute Gasteiger partial charge is 0.395 e. The fourth-order valence-electron chi connectivity index (χ4n) is 4.47. The molecule has 2 aromatic carbocycles. The van der Waals surface area contributed by atoms with Gasteiger partial charge in [-0.05, 0) is 60.7 Å². The Morgan fingerprint density at radius 3 is 2.81 bits per heavy atom. The van der Waals surface area contributed by atoms with Gasteiger partial charge in [-0.1, -0.05) is 29.3 Å². The number of nitrogens with one attached hydrogen (secondary N) is 2. The molecule has 9 heteroatoms. The highest BCUT2D eigenvalue weighted by Gasteiger charge is 2.25. The molecular formula is C27H24Cl2N6O. The maximum Gasteiger partial charge on any atom is 0.227 e. The number of halogens is 2. The van der Waals surface area contributed by atoms with E-state index in [1.165, 1.54) is 18.4 Å². The van der Waals surface area contributed by atoms with Crippen LogP contribution >= 0.6 is 23.2 Å². The minimum atomic E-state index is 0.107. The van der Waals surface area contributed by atoms with E-state index in [-0.39, 0.29) is 6.61 Å². The van der Waals surface area contributed by atoms with Crippen molar-refractivity contribution in [1.82, 2.24) is 19.9 Å².